The van der Waals surface area contributed by atoms with Crippen molar-refractivity contribution >= 4 is 22.5 Å². The lowest BCUT2D eigenvalue weighted by molar-refractivity contribution is 0.0256. The van der Waals surface area contributed by atoms with Gasteiger partial charge in [-0.3, -0.25) is 0 Å². The zero-order valence-electron chi connectivity index (χ0n) is 17.7. The Bertz CT molecular complexity index is 1130. The van der Waals surface area contributed by atoms with E-state index in [-0.39, 0.29) is 22.9 Å². The Balaban J connectivity index is 1.97. The third-order valence-electron chi connectivity index (χ3n) is 5.61. The summed E-state index contributed by atoms with van der Waals surface area (Å²) in [6.07, 6.45) is 2.22. The quantitative estimate of drug-likeness (QED) is 0.658. The maximum Gasteiger partial charge on any atom is 0.179 e. The molecule has 2 N–H and O–H groups in total. The number of fused-ring (bicyclic) bond motifs is 1. The predicted octanol–water partition coefficient (Wildman–Crippen LogP) is 3.18. The van der Waals surface area contributed by atoms with Crippen LogP contribution in [-0.4, -0.2) is 55.0 Å². The summed E-state index contributed by atoms with van der Waals surface area (Å²) < 4.78 is 46.0. The summed E-state index contributed by atoms with van der Waals surface area (Å²) >= 11 is 0. The topological polar surface area (TPSA) is 95.6 Å². The van der Waals surface area contributed by atoms with Gasteiger partial charge in [0.2, 0.25) is 0 Å². The van der Waals surface area contributed by atoms with Crippen LogP contribution in [0.25, 0.3) is 22.3 Å². The van der Waals surface area contributed by atoms with Gasteiger partial charge in [0.15, 0.2) is 29.0 Å². The fraction of sp³-hybridized carbons (Fsp3) is 0.381. The second kappa shape index (κ2) is 7.77. The van der Waals surface area contributed by atoms with Crippen molar-refractivity contribution < 1.29 is 23.0 Å². The fourth-order valence-electron chi connectivity index (χ4n) is 3.75. The average molecular weight is 431 g/mol. The molecule has 31 heavy (non-hydrogen) atoms. The molecule has 2 aromatic heterocycles. The van der Waals surface area contributed by atoms with E-state index < -0.39 is 17.2 Å². The van der Waals surface area contributed by atoms with Gasteiger partial charge in [-0.1, -0.05) is 0 Å². The molecule has 1 aromatic carbocycles. The first-order valence-corrected chi connectivity index (χ1v) is 9.64. The minimum atomic E-state index is -0.919. The minimum absolute atomic E-state index is 0.146. The molecule has 3 heterocycles. The normalized spacial score (nSPS) is 18.6. The predicted molar refractivity (Wildman–Crippen MR) is 112 cm³/mol. The molecule has 0 amide bonds. The summed E-state index contributed by atoms with van der Waals surface area (Å²) in [6, 6.07) is 2.79. The van der Waals surface area contributed by atoms with Crippen LogP contribution in [0.5, 0.6) is 11.5 Å². The van der Waals surface area contributed by atoms with Crippen LogP contribution in [-0.2, 0) is 4.74 Å². The maximum absolute atomic E-state index is 15.1. The Morgan fingerprint density at radius 2 is 1.74 bits per heavy atom. The molecule has 3 aromatic rings. The van der Waals surface area contributed by atoms with Crippen LogP contribution in [0.4, 0.5) is 20.4 Å². The highest BCUT2D eigenvalue weighted by Gasteiger charge is 2.35. The van der Waals surface area contributed by atoms with Gasteiger partial charge in [0, 0.05) is 31.7 Å². The lowest BCUT2D eigenvalue weighted by Crippen LogP contribution is -2.32. The highest BCUT2D eigenvalue weighted by molar-refractivity contribution is 5.92. The Morgan fingerprint density at radius 1 is 1.06 bits per heavy atom. The van der Waals surface area contributed by atoms with Crippen molar-refractivity contribution in [1.29, 1.82) is 0 Å². The zero-order chi connectivity index (χ0) is 22.3. The number of pyridine rings is 1. The van der Waals surface area contributed by atoms with E-state index >= 15 is 8.78 Å². The van der Waals surface area contributed by atoms with E-state index in [2.05, 4.69) is 15.0 Å². The van der Waals surface area contributed by atoms with Crippen LogP contribution in [0.2, 0.25) is 0 Å². The van der Waals surface area contributed by atoms with Gasteiger partial charge < -0.3 is 24.8 Å². The molecule has 164 valence electrons. The van der Waals surface area contributed by atoms with Gasteiger partial charge in [-0.2, -0.15) is 0 Å². The van der Waals surface area contributed by atoms with Crippen LogP contribution >= 0.6 is 0 Å². The number of nitrogens with zero attached hydrogens (tertiary/aromatic N) is 4. The first-order valence-electron chi connectivity index (χ1n) is 9.64. The molecule has 0 radical (unpaired) electrons. The van der Waals surface area contributed by atoms with E-state index in [1.807, 2.05) is 11.8 Å². The number of methoxy groups -OCH3 is 3. The molecule has 1 saturated heterocycles. The number of aromatic nitrogens is 3. The van der Waals surface area contributed by atoms with Gasteiger partial charge in [0.1, 0.15) is 11.6 Å². The van der Waals surface area contributed by atoms with Crippen LogP contribution in [0, 0.1) is 11.6 Å². The third-order valence-corrected chi connectivity index (χ3v) is 5.61. The van der Waals surface area contributed by atoms with Gasteiger partial charge in [-0.25, -0.2) is 23.7 Å². The van der Waals surface area contributed by atoms with Crippen LogP contribution in [0.15, 0.2) is 18.3 Å². The maximum atomic E-state index is 15.1. The van der Waals surface area contributed by atoms with E-state index in [0.717, 1.165) is 12.5 Å². The highest BCUT2D eigenvalue weighted by Crippen LogP contribution is 2.39. The SMILES string of the molecule is COc1cc(OC)c(F)c(-c2nc(N3CCC(C)(OC)C3)c3cc(N)ncc3n2)c1F. The van der Waals surface area contributed by atoms with Gasteiger partial charge in [-0.05, 0) is 19.4 Å². The molecule has 4 rings (SSSR count). The van der Waals surface area contributed by atoms with E-state index in [4.69, 9.17) is 19.9 Å². The molecule has 1 aliphatic heterocycles. The molecule has 1 aliphatic rings. The van der Waals surface area contributed by atoms with E-state index in [1.165, 1.54) is 20.4 Å². The fourth-order valence-corrected chi connectivity index (χ4v) is 3.75. The monoisotopic (exact) mass is 431 g/mol. The van der Waals surface area contributed by atoms with Crippen molar-refractivity contribution in [3.8, 4) is 22.9 Å². The van der Waals surface area contributed by atoms with E-state index in [1.54, 1.807) is 13.2 Å². The Kier molecular flexibility index (Phi) is 5.26. The second-order valence-electron chi connectivity index (χ2n) is 7.61. The average Bonchev–Trinajstić information content (AvgIpc) is 3.16. The highest BCUT2D eigenvalue weighted by atomic mass is 19.1. The van der Waals surface area contributed by atoms with E-state index in [0.29, 0.717) is 35.6 Å². The Labute approximate surface area is 178 Å². The lowest BCUT2D eigenvalue weighted by atomic mass is 10.1. The number of ether oxygens (including phenoxy) is 3. The second-order valence-corrected chi connectivity index (χ2v) is 7.61. The summed E-state index contributed by atoms with van der Waals surface area (Å²) in [6.45, 7) is 3.19. The lowest BCUT2D eigenvalue weighted by Gasteiger charge is -2.24. The van der Waals surface area contributed by atoms with Crippen LogP contribution < -0.4 is 20.1 Å². The summed E-state index contributed by atoms with van der Waals surface area (Å²) in [7, 11) is 4.23. The van der Waals surface area contributed by atoms with Crippen molar-refractivity contribution in [3.05, 3.63) is 30.0 Å². The standard InChI is InChI=1S/C21H23F2N5O3/c1-21(31-4)5-6-28(10-21)20-11-7-15(24)25-9-12(11)26-19(27-20)16-17(22)13(29-2)8-14(30-3)18(16)23/h7-9H,5-6,10H2,1-4H3,(H2,24,25). The first kappa shape index (κ1) is 21.0. The first-order chi connectivity index (χ1) is 14.8. The number of rotatable bonds is 5. The van der Waals surface area contributed by atoms with Crippen molar-refractivity contribution in [2.45, 2.75) is 18.9 Å². The van der Waals surface area contributed by atoms with Crippen LogP contribution in [0.3, 0.4) is 0 Å². The Hall–Kier alpha value is -3.27. The minimum Gasteiger partial charge on any atom is -0.494 e. The zero-order valence-corrected chi connectivity index (χ0v) is 17.7. The van der Waals surface area contributed by atoms with Gasteiger partial charge in [0.25, 0.3) is 0 Å². The molecular formula is C21H23F2N5O3. The largest absolute Gasteiger partial charge is 0.494 e. The number of hydrogen-bond acceptors (Lipinski definition) is 8. The number of halogens is 2. The van der Waals surface area contributed by atoms with Gasteiger partial charge in [-0.15, -0.1) is 0 Å². The van der Waals surface area contributed by atoms with Crippen molar-refractivity contribution in [1.82, 2.24) is 15.0 Å². The Morgan fingerprint density at radius 3 is 2.32 bits per heavy atom. The number of anilines is 2. The molecule has 1 unspecified atom stereocenters. The third kappa shape index (κ3) is 3.56. The molecule has 1 fully saturated rings. The molecule has 0 spiro atoms. The van der Waals surface area contributed by atoms with Crippen molar-refractivity contribution in [2.75, 3.05) is 45.1 Å². The molecule has 0 saturated carbocycles. The van der Waals surface area contributed by atoms with E-state index in [9.17, 15) is 0 Å². The molecule has 0 aliphatic carbocycles. The number of nitrogens with two attached hydrogens (primary N) is 1. The van der Waals surface area contributed by atoms with Crippen molar-refractivity contribution in [2.24, 2.45) is 0 Å². The summed E-state index contributed by atoms with van der Waals surface area (Å²) in [5, 5.41) is 0.632. The van der Waals surface area contributed by atoms with Crippen LogP contribution in [0.1, 0.15) is 13.3 Å². The summed E-state index contributed by atoms with van der Waals surface area (Å²) in [5.74, 6) is -1.55. The molecule has 10 heteroatoms. The molecule has 1 atom stereocenters. The molecule has 0 bridgehead atoms. The van der Waals surface area contributed by atoms with Crippen molar-refractivity contribution in [3.63, 3.8) is 0 Å². The molecule has 8 nitrogen and oxygen atoms in total. The number of nitrogen functional groups attached to an aromatic ring is 1. The number of hydrogen-bond donors (Lipinski definition) is 1. The van der Waals surface area contributed by atoms with Gasteiger partial charge in [0.05, 0.1) is 37.1 Å². The smallest absolute Gasteiger partial charge is 0.179 e. The summed E-state index contributed by atoms with van der Waals surface area (Å²) in [5.41, 5.74) is 5.48. The molecular weight excluding hydrogens is 408 g/mol. The van der Waals surface area contributed by atoms with Gasteiger partial charge >= 0.3 is 0 Å². The number of benzene rings is 1. The summed E-state index contributed by atoms with van der Waals surface area (Å²) in [4.78, 5) is 15.0.